The minimum atomic E-state index is -0.170. The molecule has 0 saturated heterocycles. The van der Waals surface area contributed by atoms with E-state index < -0.39 is 0 Å². The van der Waals surface area contributed by atoms with E-state index in [9.17, 15) is 9.18 Å². The molecule has 2 rings (SSSR count). The first-order chi connectivity index (χ1) is 8.70. The Balaban J connectivity index is 1.85. The van der Waals surface area contributed by atoms with Crippen molar-refractivity contribution in [1.82, 2.24) is 10.6 Å². The molecular weight excluding hydrogens is 231 g/mol. The highest BCUT2D eigenvalue weighted by Gasteiger charge is 2.22. The summed E-state index contributed by atoms with van der Waals surface area (Å²) in [6, 6.07) is 5.22. The molecule has 0 heterocycles. The lowest BCUT2D eigenvalue weighted by atomic mass is 10.1. The Morgan fingerprint density at radius 1 is 1.50 bits per heavy atom. The molecule has 0 fully saturated rings. The van der Waals surface area contributed by atoms with Gasteiger partial charge in [-0.3, -0.25) is 4.79 Å². The zero-order valence-electron chi connectivity index (χ0n) is 10.6. The van der Waals surface area contributed by atoms with Crippen LogP contribution in [-0.2, 0) is 11.2 Å². The number of nitrogens with one attached hydrogen (secondary N) is 2. The molecular formula is C14H19FN2O. The van der Waals surface area contributed by atoms with Crippen molar-refractivity contribution in [3.05, 3.63) is 35.1 Å². The molecule has 1 amide bonds. The van der Waals surface area contributed by atoms with Crippen molar-refractivity contribution in [2.24, 2.45) is 0 Å². The average Bonchev–Trinajstić information content (AvgIpc) is 2.72. The molecule has 1 aromatic carbocycles. The molecule has 4 heteroatoms. The highest BCUT2D eigenvalue weighted by atomic mass is 19.1. The molecule has 1 aliphatic rings. The summed E-state index contributed by atoms with van der Waals surface area (Å²) in [6.07, 6.45) is 2.38. The number of aryl methyl sites for hydroxylation is 1. The standard InChI is InChI=1S/C14H19FN2O/c1-2-16-14(18)7-8-17-13-6-3-10-9-11(15)4-5-12(10)13/h4-5,9,13,17H,2-3,6-8H2,1H3,(H,16,18). The summed E-state index contributed by atoms with van der Waals surface area (Å²) in [7, 11) is 0. The van der Waals surface area contributed by atoms with Crippen molar-refractivity contribution < 1.29 is 9.18 Å². The number of carbonyl (C=O) groups is 1. The zero-order valence-corrected chi connectivity index (χ0v) is 10.6. The Morgan fingerprint density at radius 3 is 3.11 bits per heavy atom. The number of carbonyl (C=O) groups excluding carboxylic acids is 1. The van der Waals surface area contributed by atoms with E-state index in [-0.39, 0.29) is 17.8 Å². The van der Waals surface area contributed by atoms with Crippen molar-refractivity contribution in [2.45, 2.75) is 32.2 Å². The largest absolute Gasteiger partial charge is 0.356 e. The van der Waals surface area contributed by atoms with Crippen LogP contribution in [0.15, 0.2) is 18.2 Å². The van der Waals surface area contributed by atoms with Gasteiger partial charge in [-0.2, -0.15) is 0 Å². The predicted molar refractivity (Wildman–Crippen MR) is 68.8 cm³/mol. The van der Waals surface area contributed by atoms with E-state index in [1.807, 2.05) is 13.0 Å². The first kappa shape index (κ1) is 13.0. The molecule has 1 unspecified atom stereocenters. The van der Waals surface area contributed by atoms with Crippen molar-refractivity contribution >= 4 is 5.91 Å². The van der Waals surface area contributed by atoms with Gasteiger partial charge in [-0.1, -0.05) is 6.07 Å². The van der Waals surface area contributed by atoms with E-state index in [0.29, 0.717) is 19.5 Å². The summed E-state index contributed by atoms with van der Waals surface area (Å²) in [5.74, 6) is -0.0981. The minimum Gasteiger partial charge on any atom is -0.356 e. The van der Waals surface area contributed by atoms with Gasteiger partial charge in [0.1, 0.15) is 5.82 Å². The maximum Gasteiger partial charge on any atom is 0.221 e. The van der Waals surface area contributed by atoms with E-state index in [1.165, 1.54) is 11.6 Å². The summed E-state index contributed by atoms with van der Waals surface area (Å²) < 4.78 is 13.1. The van der Waals surface area contributed by atoms with Gasteiger partial charge in [0, 0.05) is 25.6 Å². The third-order valence-electron chi connectivity index (χ3n) is 3.30. The fraction of sp³-hybridized carbons (Fsp3) is 0.500. The molecule has 0 aliphatic heterocycles. The monoisotopic (exact) mass is 250 g/mol. The van der Waals surface area contributed by atoms with Crippen LogP contribution < -0.4 is 10.6 Å². The van der Waals surface area contributed by atoms with Gasteiger partial charge in [-0.05, 0) is 43.0 Å². The van der Waals surface area contributed by atoms with Gasteiger partial charge in [0.15, 0.2) is 0 Å². The molecule has 0 saturated carbocycles. The molecule has 3 nitrogen and oxygen atoms in total. The van der Waals surface area contributed by atoms with Gasteiger partial charge in [0.2, 0.25) is 5.91 Å². The summed E-state index contributed by atoms with van der Waals surface area (Å²) in [4.78, 5) is 11.3. The normalized spacial score (nSPS) is 17.6. The second kappa shape index (κ2) is 5.96. The van der Waals surface area contributed by atoms with E-state index in [4.69, 9.17) is 0 Å². The number of hydrogen-bond donors (Lipinski definition) is 2. The fourth-order valence-electron chi connectivity index (χ4n) is 2.44. The molecule has 2 N–H and O–H groups in total. The Labute approximate surface area is 107 Å². The minimum absolute atomic E-state index is 0.0716. The first-order valence-corrected chi connectivity index (χ1v) is 6.49. The lowest BCUT2D eigenvalue weighted by molar-refractivity contribution is -0.120. The van der Waals surface area contributed by atoms with Gasteiger partial charge in [-0.25, -0.2) is 4.39 Å². The molecule has 0 bridgehead atoms. The van der Waals surface area contributed by atoms with Gasteiger partial charge in [0.25, 0.3) is 0 Å². The molecule has 1 aliphatic carbocycles. The lowest BCUT2D eigenvalue weighted by Gasteiger charge is -2.13. The summed E-state index contributed by atoms with van der Waals surface area (Å²) >= 11 is 0. The summed E-state index contributed by atoms with van der Waals surface area (Å²) in [5.41, 5.74) is 2.26. The molecule has 1 aromatic rings. The highest BCUT2D eigenvalue weighted by molar-refractivity contribution is 5.75. The van der Waals surface area contributed by atoms with E-state index in [1.54, 1.807) is 6.07 Å². The smallest absolute Gasteiger partial charge is 0.221 e. The van der Waals surface area contributed by atoms with Crippen LogP contribution >= 0.6 is 0 Å². The van der Waals surface area contributed by atoms with Crippen molar-refractivity contribution in [2.75, 3.05) is 13.1 Å². The average molecular weight is 250 g/mol. The highest BCUT2D eigenvalue weighted by Crippen LogP contribution is 2.31. The molecule has 0 spiro atoms. The maximum atomic E-state index is 13.1. The Morgan fingerprint density at radius 2 is 2.33 bits per heavy atom. The number of hydrogen-bond acceptors (Lipinski definition) is 2. The van der Waals surface area contributed by atoms with Crippen LogP contribution in [0, 0.1) is 5.82 Å². The summed E-state index contributed by atoms with van der Waals surface area (Å²) in [6.45, 7) is 3.24. The van der Waals surface area contributed by atoms with Crippen LogP contribution in [0.25, 0.3) is 0 Å². The van der Waals surface area contributed by atoms with Gasteiger partial charge >= 0.3 is 0 Å². The van der Waals surface area contributed by atoms with E-state index in [0.717, 1.165) is 18.4 Å². The topological polar surface area (TPSA) is 41.1 Å². The zero-order chi connectivity index (χ0) is 13.0. The quantitative estimate of drug-likeness (QED) is 0.838. The molecule has 98 valence electrons. The van der Waals surface area contributed by atoms with Crippen LogP contribution in [0.5, 0.6) is 0 Å². The molecule has 0 radical (unpaired) electrons. The van der Waals surface area contributed by atoms with Gasteiger partial charge < -0.3 is 10.6 Å². The molecule has 1 atom stereocenters. The third kappa shape index (κ3) is 3.07. The van der Waals surface area contributed by atoms with Crippen LogP contribution in [0.1, 0.15) is 36.9 Å². The van der Waals surface area contributed by atoms with E-state index >= 15 is 0 Å². The molecule has 18 heavy (non-hydrogen) atoms. The van der Waals surface area contributed by atoms with Gasteiger partial charge in [-0.15, -0.1) is 0 Å². The van der Waals surface area contributed by atoms with Crippen molar-refractivity contribution in [3.63, 3.8) is 0 Å². The second-order valence-corrected chi connectivity index (χ2v) is 4.59. The first-order valence-electron chi connectivity index (χ1n) is 6.49. The fourth-order valence-corrected chi connectivity index (χ4v) is 2.44. The Kier molecular flexibility index (Phi) is 4.31. The molecule has 0 aromatic heterocycles. The van der Waals surface area contributed by atoms with Crippen molar-refractivity contribution in [3.8, 4) is 0 Å². The van der Waals surface area contributed by atoms with Gasteiger partial charge in [0.05, 0.1) is 0 Å². The van der Waals surface area contributed by atoms with Crippen LogP contribution in [0.4, 0.5) is 4.39 Å². The van der Waals surface area contributed by atoms with Crippen LogP contribution in [0.2, 0.25) is 0 Å². The maximum absolute atomic E-state index is 13.1. The summed E-state index contributed by atoms with van der Waals surface area (Å²) in [5, 5.41) is 6.13. The predicted octanol–water partition coefficient (Wildman–Crippen LogP) is 1.93. The Bertz CT molecular complexity index is 434. The number of rotatable bonds is 5. The SMILES string of the molecule is CCNC(=O)CCNC1CCc2cc(F)ccc21. The number of benzene rings is 1. The second-order valence-electron chi connectivity index (χ2n) is 4.59. The third-order valence-corrected chi connectivity index (χ3v) is 3.30. The van der Waals surface area contributed by atoms with Crippen molar-refractivity contribution in [1.29, 1.82) is 0 Å². The number of amides is 1. The lowest BCUT2D eigenvalue weighted by Crippen LogP contribution is -2.28. The number of halogens is 1. The number of fused-ring (bicyclic) bond motifs is 1. The Hall–Kier alpha value is -1.42. The van der Waals surface area contributed by atoms with Crippen LogP contribution in [0.3, 0.4) is 0 Å². The van der Waals surface area contributed by atoms with E-state index in [2.05, 4.69) is 10.6 Å². The van der Waals surface area contributed by atoms with Crippen LogP contribution in [-0.4, -0.2) is 19.0 Å².